The Labute approximate surface area is 197 Å². The molecule has 0 aliphatic carbocycles. The standard InChI is InChI=1S/C29H24N4O/c34-28-31-30-27(33(28)25-19-11-4-12-20-25)26-21-32(26)29(22-13-5-1-6-14-22,23-15-7-2-8-16-23)24-17-9-3-10-18-24/h1-20,26H,21H2,(H,31,34)/t26-,32?/m0/s1. The van der Waals surface area contributed by atoms with Crippen molar-refractivity contribution >= 4 is 0 Å². The van der Waals surface area contributed by atoms with Crippen molar-refractivity contribution in [3.05, 3.63) is 154 Å². The molecule has 34 heavy (non-hydrogen) atoms. The summed E-state index contributed by atoms with van der Waals surface area (Å²) >= 11 is 0. The monoisotopic (exact) mass is 444 g/mol. The average Bonchev–Trinajstić information content (AvgIpc) is 3.60. The minimum atomic E-state index is -0.523. The van der Waals surface area contributed by atoms with E-state index >= 15 is 0 Å². The third-order valence-corrected chi connectivity index (χ3v) is 6.63. The molecule has 1 aromatic heterocycles. The Kier molecular flexibility index (Phi) is 4.97. The van der Waals surface area contributed by atoms with Crippen molar-refractivity contribution in [3.8, 4) is 5.69 Å². The summed E-state index contributed by atoms with van der Waals surface area (Å²) < 4.78 is 1.69. The summed E-state index contributed by atoms with van der Waals surface area (Å²) in [6, 6.07) is 41.4. The number of nitrogens with zero attached hydrogens (tertiary/aromatic N) is 3. The summed E-state index contributed by atoms with van der Waals surface area (Å²) in [5.74, 6) is 0.725. The number of nitrogens with one attached hydrogen (secondary N) is 1. The molecule has 5 aromatic rings. The van der Waals surface area contributed by atoms with Gasteiger partial charge in [-0.15, -0.1) is 0 Å². The topological polar surface area (TPSA) is 53.7 Å². The van der Waals surface area contributed by atoms with Crippen molar-refractivity contribution in [1.82, 2.24) is 19.7 Å². The minimum Gasteiger partial charge on any atom is -0.273 e. The normalized spacial score (nSPS) is 17.4. The zero-order chi connectivity index (χ0) is 23.0. The number of benzene rings is 4. The van der Waals surface area contributed by atoms with Crippen molar-refractivity contribution in [2.24, 2.45) is 0 Å². The van der Waals surface area contributed by atoms with Gasteiger partial charge in [0.15, 0.2) is 5.82 Å². The van der Waals surface area contributed by atoms with Crippen molar-refractivity contribution in [2.75, 3.05) is 6.54 Å². The van der Waals surface area contributed by atoms with Crippen LogP contribution in [0, 0.1) is 0 Å². The second-order valence-corrected chi connectivity index (χ2v) is 8.53. The highest BCUT2D eigenvalue weighted by Gasteiger charge is 2.55. The van der Waals surface area contributed by atoms with Crippen LogP contribution in [0.4, 0.5) is 0 Å². The van der Waals surface area contributed by atoms with E-state index in [4.69, 9.17) is 0 Å². The summed E-state index contributed by atoms with van der Waals surface area (Å²) in [4.78, 5) is 15.2. The smallest absolute Gasteiger partial charge is 0.273 e. The molecule has 1 unspecified atom stereocenters. The lowest BCUT2D eigenvalue weighted by Gasteiger charge is -2.38. The Hall–Kier alpha value is -4.22. The van der Waals surface area contributed by atoms with E-state index in [2.05, 4.69) is 87.9 Å². The zero-order valence-corrected chi connectivity index (χ0v) is 18.6. The van der Waals surface area contributed by atoms with E-state index in [-0.39, 0.29) is 11.7 Å². The summed E-state index contributed by atoms with van der Waals surface area (Å²) in [6.45, 7) is 0.774. The van der Waals surface area contributed by atoms with Crippen molar-refractivity contribution in [2.45, 2.75) is 11.6 Å². The molecule has 0 amide bonds. The van der Waals surface area contributed by atoms with Crippen LogP contribution in [0.15, 0.2) is 126 Å². The fourth-order valence-electron chi connectivity index (χ4n) is 5.13. The van der Waals surface area contributed by atoms with E-state index in [9.17, 15) is 4.79 Å². The van der Waals surface area contributed by atoms with Gasteiger partial charge in [0.25, 0.3) is 0 Å². The van der Waals surface area contributed by atoms with Gasteiger partial charge in [0.05, 0.1) is 17.3 Å². The molecule has 4 aromatic carbocycles. The predicted molar refractivity (Wildman–Crippen MR) is 133 cm³/mol. The number of aromatic nitrogens is 3. The van der Waals surface area contributed by atoms with Crippen LogP contribution in [0.25, 0.3) is 5.69 Å². The molecule has 5 nitrogen and oxygen atoms in total. The highest BCUT2D eigenvalue weighted by molar-refractivity contribution is 5.51. The van der Waals surface area contributed by atoms with E-state index in [0.717, 1.165) is 18.1 Å². The number of rotatable bonds is 6. The molecule has 2 heterocycles. The maximum Gasteiger partial charge on any atom is 0.347 e. The van der Waals surface area contributed by atoms with Gasteiger partial charge in [-0.2, -0.15) is 5.10 Å². The third kappa shape index (κ3) is 3.21. The molecule has 1 fully saturated rings. The average molecular weight is 445 g/mol. The van der Waals surface area contributed by atoms with Gasteiger partial charge < -0.3 is 0 Å². The predicted octanol–water partition coefficient (Wildman–Crippen LogP) is 4.91. The number of H-pyrrole nitrogens is 1. The molecule has 0 bridgehead atoms. The Balaban J connectivity index is 1.56. The van der Waals surface area contributed by atoms with E-state index in [1.807, 2.05) is 48.5 Å². The molecule has 166 valence electrons. The first kappa shape index (κ1) is 20.4. The number of hydrogen-bond acceptors (Lipinski definition) is 3. The summed E-state index contributed by atoms with van der Waals surface area (Å²) in [5.41, 5.74) is 3.60. The van der Waals surface area contributed by atoms with Gasteiger partial charge in [-0.1, -0.05) is 109 Å². The lowest BCUT2D eigenvalue weighted by atomic mass is 9.76. The van der Waals surface area contributed by atoms with Gasteiger partial charge in [0, 0.05) is 6.54 Å². The molecule has 0 radical (unpaired) electrons. The maximum absolute atomic E-state index is 12.8. The fraction of sp³-hybridized carbons (Fsp3) is 0.103. The summed E-state index contributed by atoms with van der Waals surface area (Å²) in [6.07, 6.45) is 0. The Morgan fingerprint density at radius 3 is 1.59 bits per heavy atom. The lowest BCUT2D eigenvalue weighted by molar-refractivity contribution is 0.318. The first-order valence-corrected chi connectivity index (χ1v) is 11.5. The van der Waals surface area contributed by atoms with Crippen molar-refractivity contribution in [1.29, 1.82) is 0 Å². The quantitative estimate of drug-likeness (QED) is 0.299. The number of aromatic amines is 1. The molecular formula is C29H24N4O. The lowest BCUT2D eigenvalue weighted by Crippen LogP contribution is -2.38. The largest absolute Gasteiger partial charge is 0.347 e. The number of para-hydroxylation sites is 1. The third-order valence-electron chi connectivity index (χ3n) is 6.63. The van der Waals surface area contributed by atoms with Gasteiger partial charge in [0.2, 0.25) is 0 Å². The molecule has 2 atom stereocenters. The first-order chi connectivity index (χ1) is 16.8. The molecule has 6 rings (SSSR count). The fourth-order valence-corrected chi connectivity index (χ4v) is 5.13. The Morgan fingerprint density at radius 1 is 0.676 bits per heavy atom. The second kappa shape index (κ2) is 8.28. The van der Waals surface area contributed by atoms with Crippen LogP contribution in [-0.2, 0) is 5.54 Å². The Morgan fingerprint density at radius 2 is 1.12 bits per heavy atom. The van der Waals surface area contributed by atoms with Crippen LogP contribution in [-0.4, -0.2) is 26.2 Å². The van der Waals surface area contributed by atoms with Crippen LogP contribution in [0.1, 0.15) is 28.6 Å². The molecule has 0 saturated carbocycles. The van der Waals surface area contributed by atoms with E-state index in [1.54, 1.807) is 4.57 Å². The first-order valence-electron chi connectivity index (χ1n) is 11.5. The number of hydrogen-bond donors (Lipinski definition) is 1. The molecular weight excluding hydrogens is 420 g/mol. The van der Waals surface area contributed by atoms with Gasteiger partial charge in [-0.25, -0.2) is 14.5 Å². The molecule has 5 heteroatoms. The van der Waals surface area contributed by atoms with Crippen LogP contribution >= 0.6 is 0 Å². The maximum atomic E-state index is 12.8. The highest BCUT2D eigenvalue weighted by Crippen LogP contribution is 2.53. The molecule has 1 saturated heterocycles. The zero-order valence-electron chi connectivity index (χ0n) is 18.6. The SMILES string of the molecule is O=c1[nH]nc([C@@H]2CN2C(c2ccccc2)(c2ccccc2)c2ccccc2)n1-c1ccccc1. The van der Waals surface area contributed by atoms with Crippen LogP contribution in [0.3, 0.4) is 0 Å². The molecule has 1 aliphatic heterocycles. The minimum absolute atomic E-state index is 0.0280. The highest BCUT2D eigenvalue weighted by atomic mass is 16.1. The Bertz CT molecular complexity index is 1350. The van der Waals surface area contributed by atoms with E-state index < -0.39 is 5.54 Å². The second-order valence-electron chi connectivity index (χ2n) is 8.53. The van der Waals surface area contributed by atoms with Crippen LogP contribution in [0.5, 0.6) is 0 Å². The van der Waals surface area contributed by atoms with Crippen LogP contribution in [0.2, 0.25) is 0 Å². The molecule has 0 spiro atoms. The van der Waals surface area contributed by atoms with Crippen molar-refractivity contribution < 1.29 is 0 Å². The van der Waals surface area contributed by atoms with Gasteiger partial charge in [-0.3, -0.25) is 4.90 Å². The van der Waals surface area contributed by atoms with Gasteiger partial charge in [-0.05, 0) is 28.8 Å². The van der Waals surface area contributed by atoms with Gasteiger partial charge in [0.1, 0.15) is 0 Å². The summed E-state index contributed by atoms with van der Waals surface area (Å²) in [5, 5.41) is 7.16. The van der Waals surface area contributed by atoms with Gasteiger partial charge >= 0.3 is 5.69 Å². The van der Waals surface area contributed by atoms with E-state index in [0.29, 0.717) is 0 Å². The van der Waals surface area contributed by atoms with Crippen LogP contribution < -0.4 is 5.69 Å². The molecule has 1 aliphatic rings. The van der Waals surface area contributed by atoms with Crippen molar-refractivity contribution in [3.63, 3.8) is 0 Å². The van der Waals surface area contributed by atoms with E-state index in [1.165, 1.54) is 16.7 Å². The molecule has 1 N–H and O–H groups in total. The summed E-state index contributed by atoms with van der Waals surface area (Å²) in [7, 11) is 0.